The number of aromatic nitrogens is 6. The molecule has 0 radical (unpaired) electrons. The average Bonchev–Trinajstić information content (AvgIpc) is 1.11. The molecule has 18 aliphatic rings. The molecule has 4 aromatic heterocycles. The van der Waals surface area contributed by atoms with Gasteiger partial charge in [-0.15, -0.1) is 0 Å². The molecule has 0 amide bonds. The predicted molar refractivity (Wildman–Crippen MR) is 527 cm³/mol. The molecule has 12 aromatic carbocycles. The van der Waals surface area contributed by atoms with Crippen molar-refractivity contribution < 1.29 is 8.83 Å². The number of anilines is 6. The molecule has 0 spiro atoms. The van der Waals surface area contributed by atoms with E-state index in [2.05, 4.69) is 303 Å². The normalized spacial score (nSPS) is 29.7. The first kappa shape index (κ1) is 77.5. The topological polar surface area (TPSA) is 110 Å². The molecule has 6 heterocycles. The third-order valence-electron chi connectivity index (χ3n) is 36.9. The lowest BCUT2D eigenvalue weighted by molar-refractivity contribution is -0.0157. The predicted octanol–water partition coefficient (Wildman–Crippen LogP) is 29.7. The Labute approximate surface area is 773 Å². The number of rotatable bonds is 12. The molecule has 16 bridgehead atoms. The second-order valence-electron chi connectivity index (χ2n) is 44.9. The molecule has 16 aliphatic carbocycles. The Morgan fingerprint density at radius 3 is 0.856 bits per heavy atom. The molecular weight excluding hydrogens is 1610 g/mol. The fraction of sp³-hybridized carbons (Fsp3) is 0.361. The molecule has 34 rings (SSSR count). The van der Waals surface area contributed by atoms with E-state index in [1.807, 2.05) is 0 Å². The van der Waals surface area contributed by atoms with Crippen molar-refractivity contribution in [1.29, 1.82) is 0 Å². The average molecular weight is 1720 g/mol. The van der Waals surface area contributed by atoms with Crippen LogP contribution in [0, 0.1) is 84.9 Å². The van der Waals surface area contributed by atoms with Crippen LogP contribution in [-0.2, 0) is 32.5 Å². The number of hydrogen-bond donors (Lipinski definition) is 0. The van der Waals surface area contributed by atoms with Crippen LogP contribution in [0.4, 0.5) is 34.1 Å². The number of furan rings is 2. The summed E-state index contributed by atoms with van der Waals surface area (Å²) in [6.45, 7) is 4.62. The molecule has 10 heteroatoms. The smallest absolute Gasteiger partial charge is 0.163 e. The Balaban J connectivity index is 0.000000129. The first-order chi connectivity index (χ1) is 64.9. The number of aryl methyl sites for hydroxylation is 2. The number of hydrogen-bond acceptors (Lipinski definition) is 10. The van der Waals surface area contributed by atoms with E-state index in [1.165, 1.54) is 216 Å². The molecule has 132 heavy (non-hydrogen) atoms. The van der Waals surface area contributed by atoms with Crippen LogP contribution in [0.3, 0.4) is 0 Å². The van der Waals surface area contributed by atoms with Crippen molar-refractivity contribution >= 4 is 78.0 Å². The molecule has 0 saturated heterocycles. The first-order valence-electron chi connectivity index (χ1n) is 50.5. The van der Waals surface area contributed by atoms with Gasteiger partial charge in [0, 0.05) is 71.1 Å². The summed E-state index contributed by atoms with van der Waals surface area (Å²) in [4.78, 5) is 39.2. The molecule has 10 nitrogen and oxygen atoms in total. The van der Waals surface area contributed by atoms with Crippen molar-refractivity contribution in [3.05, 3.63) is 358 Å². The van der Waals surface area contributed by atoms with Gasteiger partial charge >= 0.3 is 0 Å². The first-order valence-corrected chi connectivity index (χ1v) is 50.5. The molecule has 16 aromatic rings. The second kappa shape index (κ2) is 28.7. The third-order valence-corrected chi connectivity index (χ3v) is 36.9. The number of benzene rings is 12. The highest BCUT2D eigenvalue weighted by atomic mass is 16.3. The number of fused-ring (bicyclic) bond motifs is 10. The molecule has 16 fully saturated rings. The SMILES string of the molecule is Cc1cc(-c2nc(C34CC5CC(CC(C5)C3)C4)nc(C34CC5CC(CC(C5)C3)C4)n2)cc(C)c1N1c2ccccc2C(c2ccccc2)(c2cccc3c2oc2ccccc23)c2ccccc21.c1ccc(C2(c3cccc4c3oc3ccccc34)c3ccccc3N(c3ccc(-c4nc(C56CC7CC(CC(C7)C5)C6)nc(C56CC7CC(CC(C7)C5)C6)n4)cc3)c3ccccc32)cc1. The summed E-state index contributed by atoms with van der Waals surface area (Å²) >= 11 is 0. The van der Waals surface area contributed by atoms with Crippen molar-refractivity contribution in [3.63, 3.8) is 0 Å². The number of para-hydroxylation sites is 8. The fourth-order valence-electron chi connectivity index (χ4n) is 33.7. The van der Waals surface area contributed by atoms with E-state index in [4.69, 9.17) is 38.7 Å². The van der Waals surface area contributed by atoms with Gasteiger partial charge in [-0.3, -0.25) is 0 Å². The lowest BCUT2D eigenvalue weighted by atomic mass is 9.49. The maximum atomic E-state index is 6.94. The van der Waals surface area contributed by atoms with Crippen LogP contribution in [0.1, 0.15) is 233 Å². The summed E-state index contributed by atoms with van der Waals surface area (Å²) in [5.41, 5.74) is 24.1. The largest absolute Gasteiger partial charge is 0.456 e. The zero-order valence-electron chi connectivity index (χ0n) is 75.9. The minimum Gasteiger partial charge on any atom is -0.456 e. The molecule has 16 saturated carbocycles. The van der Waals surface area contributed by atoms with Gasteiger partial charge in [0.2, 0.25) is 0 Å². The minimum atomic E-state index is -0.674. The minimum absolute atomic E-state index is 0.104. The second-order valence-corrected chi connectivity index (χ2v) is 44.9. The van der Waals surface area contributed by atoms with Crippen LogP contribution in [0.2, 0.25) is 0 Å². The van der Waals surface area contributed by atoms with Gasteiger partial charge in [0.1, 0.15) is 45.6 Å². The Bertz CT molecular complexity index is 7020. The van der Waals surface area contributed by atoms with E-state index in [0.717, 1.165) is 189 Å². The highest BCUT2D eigenvalue weighted by Gasteiger charge is 2.60. The van der Waals surface area contributed by atoms with Crippen molar-refractivity contribution in [2.45, 2.75) is 200 Å². The zero-order valence-corrected chi connectivity index (χ0v) is 75.9. The monoisotopic (exact) mass is 1720 g/mol. The van der Waals surface area contributed by atoms with Gasteiger partial charge in [0.15, 0.2) is 11.6 Å². The van der Waals surface area contributed by atoms with Crippen molar-refractivity contribution in [2.75, 3.05) is 9.80 Å². The van der Waals surface area contributed by atoms with Gasteiger partial charge in [0.05, 0.1) is 39.3 Å². The highest BCUT2D eigenvalue weighted by Crippen LogP contribution is 2.68. The van der Waals surface area contributed by atoms with Gasteiger partial charge in [-0.25, -0.2) is 29.9 Å². The Morgan fingerprint density at radius 1 is 0.250 bits per heavy atom. The summed E-state index contributed by atoms with van der Waals surface area (Å²) in [6, 6.07) is 103. The van der Waals surface area contributed by atoms with E-state index in [9.17, 15) is 0 Å². The van der Waals surface area contributed by atoms with Gasteiger partial charge in [0.25, 0.3) is 0 Å². The molecule has 652 valence electrons. The lowest BCUT2D eigenvalue weighted by Crippen LogP contribution is -2.51. The third kappa shape index (κ3) is 11.4. The molecule has 2 aliphatic heterocycles. The standard InChI is InChI=1S/C62H58N4O.C60H54N4O/c1-37-23-45(57-63-58(60-31-39-25-40(32-60)27-41(26-39)33-60)65-59(64-57)61-34-42-28-43(35-61)30-44(29-42)36-61)24-38(2)55(37)66-52-20-9-7-17-49(52)62(46-13-4-3-5-14-46,50-18-8-10-21-53(50)66)51-19-12-16-48-47-15-6-11-22-54(47)67-56(48)51;1-2-11-44(12-3-1)60(50-17-10-14-47-46-13-4-9-20-53(46)65-54(47)50)48-15-5-7-18-51(48)64(52-19-8-6-16-49(52)60)45-23-21-43(22-24-45)55-61-56(58-31-37-25-38(32-58)27-39(26-37)33-58)63-57(62-55)59-34-40-28-41(35-59)30-42(29-40)36-59/h3-24,39-44H,25-36H2,1-2H3;1-24,37-42H,25-36H2. The maximum absolute atomic E-state index is 6.94. The Kier molecular flexibility index (Phi) is 16.8. The Morgan fingerprint density at radius 2 is 0.523 bits per heavy atom. The van der Waals surface area contributed by atoms with Gasteiger partial charge < -0.3 is 18.6 Å². The lowest BCUT2D eigenvalue weighted by Gasteiger charge is -2.57. The molecule has 0 N–H and O–H groups in total. The highest BCUT2D eigenvalue weighted by molar-refractivity contribution is 6.09. The van der Waals surface area contributed by atoms with Crippen molar-refractivity contribution in [2.24, 2.45) is 71.0 Å². The van der Waals surface area contributed by atoms with Crippen LogP contribution in [0.25, 0.3) is 66.7 Å². The summed E-state index contributed by atoms with van der Waals surface area (Å²) in [6.07, 6.45) is 32.3. The van der Waals surface area contributed by atoms with Gasteiger partial charge in [-0.1, -0.05) is 206 Å². The van der Waals surface area contributed by atoms with E-state index in [1.54, 1.807) is 0 Å². The quantitative estimate of drug-likeness (QED) is 0.117. The van der Waals surface area contributed by atoms with Crippen LogP contribution in [0.15, 0.2) is 288 Å². The number of nitrogens with zero attached hydrogens (tertiary/aromatic N) is 8. The van der Waals surface area contributed by atoms with Crippen LogP contribution in [0.5, 0.6) is 0 Å². The van der Waals surface area contributed by atoms with E-state index in [0.29, 0.717) is 0 Å². The van der Waals surface area contributed by atoms with E-state index < -0.39 is 10.8 Å². The van der Waals surface area contributed by atoms with Crippen LogP contribution in [-0.4, -0.2) is 29.9 Å². The van der Waals surface area contributed by atoms with E-state index >= 15 is 0 Å². The molecular formula is C122H112N8O2. The fourth-order valence-corrected chi connectivity index (χ4v) is 33.7. The van der Waals surface area contributed by atoms with Crippen LogP contribution < -0.4 is 9.80 Å². The summed E-state index contributed by atoms with van der Waals surface area (Å²) < 4.78 is 13.8. The summed E-state index contributed by atoms with van der Waals surface area (Å²) in [5.74, 6) is 16.4. The summed E-state index contributed by atoms with van der Waals surface area (Å²) in [7, 11) is 0. The van der Waals surface area contributed by atoms with Crippen LogP contribution >= 0.6 is 0 Å². The maximum Gasteiger partial charge on any atom is 0.163 e. The van der Waals surface area contributed by atoms with E-state index in [-0.39, 0.29) is 21.7 Å². The summed E-state index contributed by atoms with van der Waals surface area (Å²) in [5, 5.41) is 4.55. The molecule has 0 unspecified atom stereocenters. The van der Waals surface area contributed by atoms with Crippen molar-refractivity contribution in [3.8, 4) is 22.8 Å². The zero-order chi connectivity index (χ0) is 86.7. The van der Waals surface area contributed by atoms with Gasteiger partial charge in [-0.2, -0.15) is 0 Å². The van der Waals surface area contributed by atoms with Gasteiger partial charge in [-0.05, 0) is 356 Å². The van der Waals surface area contributed by atoms with Crippen molar-refractivity contribution in [1.82, 2.24) is 29.9 Å². The molecule has 0 atom stereocenters. The Hall–Kier alpha value is -12.1.